The quantitative estimate of drug-likeness (QED) is 0.297. The third-order valence-electron chi connectivity index (χ3n) is 4.29. The number of hydrogen-bond donors (Lipinski definition) is 0. The SMILES string of the molecule is Cc1cc(C(=O)CSc2nccc(C(F)(F)F)n2)c(C)n1CCc1cccs1. The van der Waals surface area contributed by atoms with Gasteiger partial charge in [-0.2, -0.15) is 13.2 Å². The van der Waals surface area contributed by atoms with E-state index in [2.05, 4.69) is 20.6 Å². The van der Waals surface area contributed by atoms with Gasteiger partial charge in [0.05, 0.1) is 5.75 Å². The Kier molecular flexibility index (Phi) is 6.24. The average molecular weight is 426 g/mol. The predicted molar refractivity (Wildman–Crippen MR) is 104 cm³/mol. The summed E-state index contributed by atoms with van der Waals surface area (Å²) in [5.74, 6) is -0.169. The van der Waals surface area contributed by atoms with Crippen molar-refractivity contribution >= 4 is 28.9 Å². The van der Waals surface area contributed by atoms with Gasteiger partial charge in [-0.15, -0.1) is 11.3 Å². The van der Waals surface area contributed by atoms with Gasteiger partial charge in [-0.05, 0) is 43.8 Å². The van der Waals surface area contributed by atoms with Crippen molar-refractivity contribution in [1.29, 1.82) is 0 Å². The molecule has 0 N–H and O–H groups in total. The Balaban J connectivity index is 1.67. The van der Waals surface area contributed by atoms with Gasteiger partial charge in [0.25, 0.3) is 0 Å². The molecule has 0 aromatic carbocycles. The lowest BCUT2D eigenvalue weighted by atomic mass is 10.2. The number of alkyl halides is 3. The molecule has 0 aliphatic rings. The maximum atomic E-state index is 12.7. The van der Waals surface area contributed by atoms with Crippen LogP contribution in [0.5, 0.6) is 0 Å². The topological polar surface area (TPSA) is 47.8 Å². The summed E-state index contributed by atoms with van der Waals surface area (Å²) in [6, 6.07) is 6.74. The Labute approximate surface area is 168 Å². The Morgan fingerprint density at radius 2 is 2.07 bits per heavy atom. The van der Waals surface area contributed by atoms with E-state index in [-0.39, 0.29) is 16.7 Å². The summed E-state index contributed by atoms with van der Waals surface area (Å²) in [4.78, 5) is 21.2. The molecule has 0 spiro atoms. The number of thioether (sulfide) groups is 1. The number of aryl methyl sites for hydroxylation is 2. The summed E-state index contributed by atoms with van der Waals surface area (Å²) in [6.45, 7) is 4.61. The van der Waals surface area contributed by atoms with Crippen LogP contribution in [0.2, 0.25) is 0 Å². The molecule has 0 amide bonds. The van der Waals surface area contributed by atoms with Gasteiger partial charge in [0.15, 0.2) is 10.9 Å². The van der Waals surface area contributed by atoms with Crippen LogP contribution in [-0.2, 0) is 19.1 Å². The number of Topliss-reactive ketones (excluding diaryl/α,β-unsaturated/α-hetero) is 1. The molecule has 0 radical (unpaired) electrons. The second-order valence-corrected chi connectivity index (χ2v) is 8.17. The van der Waals surface area contributed by atoms with Crippen molar-refractivity contribution in [2.24, 2.45) is 0 Å². The molecular weight excluding hydrogens is 407 g/mol. The molecule has 148 valence electrons. The van der Waals surface area contributed by atoms with E-state index in [1.54, 1.807) is 11.3 Å². The van der Waals surface area contributed by atoms with Gasteiger partial charge in [0.1, 0.15) is 5.69 Å². The second kappa shape index (κ2) is 8.48. The first-order chi connectivity index (χ1) is 13.3. The smallest absolute Gasteiger partial charge is 0.348 e. The first kappa shape index (κ1) is 20.6. The van der Waals surface area contributed by atoms with Gasteiger partial charge in [0, 0.05) is 34.6 Å². The van der Waals surface area contributed by atoms with Crippen molar-refractivity contribution in [2.75, 3.05) is 5.75 Å². The lowest BCUT2D eigenvalue weighted by Gasteiger charge is -2.09. The highest BCUT2D eigenvalue weighted by Gasteiger charge is 2.32. The van der Waals surface area contributed by atoms with Crippen molar-refractivity contribution in [3.8, 4) is 0 Å². The van der Waals surface area contributed by atoms with Crippen LogP contribution in [0.15, 0.2) is 41.0 Å². The summed E-state index contributed by atoms with van der Waals surface area (Å²) in [7, 11) is 0. The number of nitrogens with zero attached hydrogens (tertiary/aromatic N) is 3. The monoisotopic (exact) mass is 425 g/mol. The number of ketones is 1. The minimum absolute atomic E-state index is 0.0173. The molecule has 0 fully saturated rings. The third-order valence-corrected chi connectivity index (χ3v) is 6.09. The molecule has 9 heteroatoms. The molecule has 0 aliphatic heterocycles. The largest absolute Gasteiger partial charge is 0.433 e. The lowest BCUT2D eigenvalue weighted by Crippen LogP contribution is -2.10. The zero-order chi connectivity index (χ0) is 20.3. The first-order valence-corrected chi connectivity index (χ1v) is 10.4. The normalized spacial score (nSPS) is 11.8. The summed E-state index contributed by atoms with van der Waals surface area (Å²) in [5.41, 5.74) is 1.43. The Bertz CT molecular complexity index is 965. The molecule has 3 heterocycles. The van der Waals surface area contributed by atoms with Crippen molar-refractivity contribution in [3.05, 3.63) is 63.4 Å². The van der Waals surface area contributed by atoms with Crippen molar-refractivity contribution in [1.82, 2.24) is 14.5 Å². The highest BCUT2D eigenvalue weighted by Crippen LogP contribution is 2.28. The van der Waals surface area contributed by atoms with E-state index in [0.717, 1.165) is 48.4 Å². The molecule has 3 aromatic rings. The molecule has 0 saturated heterocycles. The van der Waals surface area contributed by atoms with E-state index in [4.69, 9.17) is 0 Å². The maximum absolute atomic E-state index is 12.7. The van der Waals surface area contributed by atoms with Crippen LogP contribution < -0.4 is 0 Å². The van der Waals surface area contributed by atoms with Crippen molar-refractivity contribution < 1.29 is 18.0 Å². The fraction of sp³-hybridized carbons (Fsp3) is 0.316. The van der Waals surface area contributed by atoms with E-state index in [1.807, 2.05) is 31.4 Å². The van der Waals surface area contributed by atoms with Crippen LogP contribution in [0.25, 0.3) is 0 Å². The number of aromatic nitrogens is 3. The van der Waals surface area contributed by atoms with Crippen LogP contribution in [0.3, 0.4) is 0 Å². The fourth-order valence-corrected chi connectivity index (χ4v) is 4.29. The summed E-state index contributed by atoms with van der Waals surface area (Å²) < 4.78 is 40.3. The molecule has 0 saturated carbocycles. The number of carbonyl (C=O) groups excluding carboxylic acids is 1. The van der Waals surface area contributed by atoms with Crippen LogP contribution in [0.4, 0.5) is 13.2 Å². The zero-order valence-electron chi connectivity index (χ0n) is 15.3. The van der Waals surface area contributed by atoms with Crippen molar-refractivity contribution in [3.63, 3.8) is 0 Å². The van der Waals surface area contributed by atoms with Crippen LogP contribution in [0, 0.1) is 13.8 Å². The number of rotatable bonds is 7. The van der Waals surface area contributed by atoms with Gasteiger partial charge in [-0.1, -0.05) is 17.8 Å². The molecule has 3 aromatic heterocycles. The van der Waals surface area contributed by atoms with Crippen LogP contribution in [0.1, 0.15) is 32.3 Å². The molecule has 3 rings (SSSR count). The standard InChI is InChI=1S/C19H18F3N3OS2/c1-12-10-15(13(2)25(12)8-6-14-4-3-9-27-14)16(26)11-28-18-23-7-5-17(24-18)19(20,21)22/h3-5,7,9-10H,6,8,11H2,1-2H3. The third kappa shape index (κ3) is 4.82. The van der Waals surface area contributed by atoms with E-state index < -0.39 is 11.9 Å². The van der Waals surface area contributed by atoms with E-state index in [9.17, 15) is 18.0 Å². The molecule has 28 heavy (non-hydrogen) atoms. The number of carbonyl (C=O) groups is 1. The Morgan fingerprint density at radius 1 is 1.29 bits per heavy atom. The van der Waals surface area contributed by atoms with Crippen LogP contribution in [-0.4, -0.2) is 26.1 Å². The summed E-state index contributed by atoms with van der Waals surface area (Å²) >= 11 is 2.61. The average Bonchev–Trinajstić information content (AvgIpc) is 3.26. The summed E-state index contributed by atoms with van der Waals surface area (Å²) in [5, 5.41) is 1.97. The Hall–Kier alpha value is -2.13. The summed E-state index contributed by atoms with van der Waals surface area (Å²) in [6.07, 6.45) is -2.59. The first-order valence-electron chi connectivity index (χ1n) is 8.51. The molecule has 0 unspecified atom stereocenters. The number of hydrogen-bond acceptors (Lipinski definition) is 5. The molecule has 0 atom stereocenters. The minimum atomic E-state index is -4.53. The number of thiophene rings is 1. The van der Waals surface area contributed by atoms with E-state index >= 15 is 0 Å². The lowest BCUT2D eigenvalue weighted by molar-refractivity contribution is -0.141. The molecule has 0 aliphatic carbocycles. The predicted octanol–water partition coefficient (Wildman–Crippen LogP) is 5.19. The highest BCUT2D eigenvalue weighted by atomic mass is 32.2. The van der Waals surface area contributed by atoms with Crippen molar-refractivity contribution in [2.45, 2.75) is 38.1 Å². The van der Waals surface area contributed by atoms with Gasteiger partial charge in [0.2, 0.25) is 0 Å². The molecule has 4 nitrogen and oxygen atoms in total. The van der Waals surface area contributed by atoms with Gasteiger partial charge < -0.3 is 4.57 Å². The fourth-order valence-electron chi connectivity index (χ4n) is 2.88. The van der Waals surface area contributed by atoms with E-state index in [1.165, 1.54) is 4.88 Å². The minimum Gasteiger partial charge on any atom is -0.348 e. The molecular formula is C19H18F3N3OS2. The van der Waals surface area contributed by atoms with E-state index in [0.29, 0.717) is 5.56 Å². The second-order valence-electron chi connectivity index (χ2n) is 6.20. The maximum Gasteiger partial charge on any atom is 0.433 e. The highest BCUT2D eigenvalue weighted by molar-refractivity contribution is 7.99. The molecule has 0 bridgehead atoms. The Morgan fingerprint density at radius 3 is 2.75 bits per heavy atom. The van der Waals surface area contributed by atoms with Gasteiger partial charge in [-0.3, -0.25) is 4.79 Å². The van der Waals surface area contributed by atoms with Gasteiger partial charge in [-0.25, -0.2) is 9.97 Å². The van der Waals surface area contributed by atoms with Crippen LogP contribution >= 0.6 is 23.1 Å². The zero-order valence-corrected chi connectivity index (χ0v) is 16.9. The van der Waals surface area contributed by atoms with Gasteiger partial charge >= 0.3 is 6.18 Å². The number of halogens is 3.